The molecule has 25 heavy (non-hydrogen) atoms. The number of carbonyl (C=O) groups excluding carboxylic acids is 3. The highest BCUT2D eigenvalue weighted by molar-refractivity contribution is 6.35. The Balaban J connectivity index is 1.64. The molecule has 1 aliphatic carbocycles. The zero-order valence-corrected chi connectivity index (χ0v) is 15.2. The summed E-state index contributed by atoms with van der Waals surface area (Å²) in [6.07, 6.45) is 4.95. The average Bonchev–Trinajstić information content (AvgIpc) is 2.80. The molecule has 132 valence electrons. The summed E-state index contributed by atoms with van der Waals surface area (Å²) >= 11 is 12.0. The Morgan fingerprint density at radius 2 is 1.80 bits per heavy atom. The minimum absolute atomic E-state index is 0.258. The van der Waals surface area contributed by atoms with Crippen molar-refractivity contribution in [3.8, 4) is 0 Å². The fourth-order valence-electron chi connectivity index (χ4n) is 3.39. The molecule has 0 radical (unpaired) electrons. The molecule has 1 saturated heterocycles. The predicted molar refractivity (Wildman–Crippen MR) is 95.1 cm³/mol. The van der Waals surface area contributed by atoms with Gasteiger partial charge in [0.2, 0.25) is 17.7 Å². The number of fused-ring (bicyclic) bond motifs is 1. The third kappa shape index (κ3) is 3.58. The lowest BCUT2D eigenvalue weighted by atomic mass is 9.85. The van der Waals surface area contributed by atoms with Crippen LogP contribution < -0.4 is 5.32 Å². The maximum absolute atomic E-state index is 12.4. The number of nitrogens with zero attached hydrogens (tertiary/aromatic N) is 1. The summed E-state index contributed by atoms with van der Waals surface area (Å²) in [4.78, 5) is 38.2. The summed E-state index contributed by atoms with van der Waals surface area (Å²) < 4.78 is 0. The molecule has 0 saturated carbocycles. The molecule has 1 heterocycles. The highest BCUT2D eigenvalue weighted by Gasteiger charge is 2.47. The number of hydrogen-bond donors (Lipinski definition) is 1. The van der Waals surface area contributed by atoms with Crippen LogP contribution in [0.2, 0.25) is 10.0 Å². The summed E-state index contributed by atoms with van der Waals surface area (Å²) in [6.45, 7) is 1.52. The van der Waals surface area contributed by atoms with Gasteiger partial charge in [-0.05, 0) is 37.5 Å². The first-order chi connectivity index (χ1) is 11.9. The molecule has 2 aliphatic rings. The van der Waals surface area contributed by atoms with Crippen LogP contribution in [0, 0.1) is 11.8 Å². The lowest BCUT2D eigenvalue weighted by Crippen LogP contribution is -2.41. The number of rotatable bonds is 4. The van der Waals surface area contributed by atoms with E-state index in [9.17, 15) is 14.4 Å². The number of hydrogen-bond acceptors (Lipinski definition) is 3. The lowest BCUT2D eigenvalue weighted by Gasteiger charge is -2.19. The van der Waals surface area contributed by atoms with Gasteiger partial charge >= 0.3 is 0 Å². The first-order valence-corrected chi connectivity index (χ1v) is 8.88. The van der Waals surface area contributed by atoms with E-state index < -0.39 is 5.91 Å². The molecule has 7 heteroatoms. The molecule has 3 atom stereocenters. The standard InChI is InChI=1S/C18H18Cl2N2O3/c1-10(12-7-6-11(19)8-15(12)20)21-16(23)9-22-17(24)13-4-2-3-5-14(13)18(22)25/h2-3,6-8,10,13-14H,4-5,9H2,1H3,(H,21,23)/t10-,13-,14+/m1/s1. The van der Waals surface area contributed by atoms with Gasteiger partial charge in [-0.15, -0.1) is 0 Å². The van der Waals surface area contributed by atoms with Gasteiger partial charge < -0.3 is 5.32 Å². The van der Waals surface area contributed by atoms with Gasteiger partial charge in [-0.3, -0.25) is 19.3 Å². The Morgan fingerprint density at radius 1 is 1.20 bits per heavy atom. The van der Waals surface area contributed by atoms with Crippen molar-refractivity contribution in [3.05, 3.63) is 46.0 Å². The van der Waals surface area contributed by atoms with Crippen LogP contribution >= 0.6 is 23.2 Å². The number of benzene rings is 1. The van der Waals surface area contributed by atoms with Crippen molar-refractivity contribution in [2.45, 2.75) is 25.8 Å². The summed E-state index contributed by atoms with van der Waals surface area (Å²) in [6, 6.07) is 4.67. The summed E-state index contributed by atoms with van der Waals surface area (Å²) in [5.41, 5.74) is 0.719. The molecule has 3 amide bonds. The molecule has 0 spiro atoms. The highest BCUT2D eigenvalue weighted by Crippen LogP contribution is 2.35. The number of likely N-dealkylation sites (tertiary alicyclic amines) is 1. The van der Waals surface area contributed by atoms with E-state index in [-0.39, 0.29) is 36.2 Å². The molecule has 3 rings (SSSR count). The average molecular weight is 381 g/mol. The van der Waals surface area contributed by atoms with Crippen LogP contribution in [0.15, 0.2) is 30.4 Å². The number of amides is 3. The number of carbonyl (C=O) groups is 3. The first-order valence-electron chi connectivity index (χ1n) is 8.13. The lowest BCUT2D eigenvalue weighted by molar-refractivity contribution is -0.143. The monoisotopic (exact) mass is 380 g/mol. The van der Waals surface area contributed by atoms with Gasteiger partial charge in [0.05, 0.1) is 17.9 Å². The van der Waals surface area contributed by atoms with Gasteiger partial charge in [-0.1, -0.05) is 41.4 Å². The van der Waals surface area contributed by atoms with Crippen molar-refractivity contribution in [1.82, 2.24) is 10.2 Å². The van der Waals surface area contributed by atoms with Crippen molar-refractivity contribution < 1.29 is 14.4 Å². The summed E-state index contributed by atoms with van der Waals surface area (Å²) in [5, 5.41) is 3.74. The second-order valence-corrected chi connectivity index (χ2v) is 7.22. The van der Waals surface area contributed by atoms with Gasteiger partial charge in [-0.25, -0.2) is 0 Å². The molecule has 0 bridgehead atoms. The van der Waals surface area contributed by atoms with Crippen molar-refractivity contribution in [2.75, 3.05) is 6.54 Å². The van der Waals surface area contributed by atoms with E-state index in [0.717, 1.165) is 10.5 Å². The zero-order valence-electron chi connectivity index (χ0n) is 13.7. The number of imide groups is 1. The third-order valence-electron chi connectivity index (χ3n) is 4.71. The van der Waals surface area contributed by atoms with Crippen LogP contribution in [0.25, 0.3) is 0 Å². The number of allylic oxidation sites excluding steroid dienone is 2. The highest BCUT2D eigenvalue weighted by atomic mass is 35.5. The first kappa shape index (κ1) is 18.0. The maximum atomic E-state index is 12.4. The van der Waals surface area contributed by atoms with Gasteiger partial charge in [0, 0.05) is 10.0 Å². The Morgan fingerprint density at radius 3 is 2.36 bits per heavy atom. The maximum Gasteiger partial charge on any atom is 0.240 e. The topological polar surface area (TPSA) is 66.5 Å². The Bertz CT molecular complexity index is 737. The molecule has 5 nitrogen and oxygen atoms in total. The van der Waals surface area contributed by atoms with Crippen molar-refractivity contribution in [3.63, 3.8) is 0 Å². The Hall–Kier alpha value is -1.85. The van der Waals surface area contributed by atoms with E-state index in [0.29, 0.717) is 22.9 Å². The van der Waals surface area contributed by atoms with E-state index in [1.807, 2.05) is 12.2 Å². The second-order valence-electron chi connectivity index (χ2n) is 6.37. The van der Waals surface area contributed by atoms with E-state index in [4.69, 9.17) is 23.2 Å². The van der Waals surface area contributed by atoms with E-state index in [2.05, 4.69) is 5.32 Å². The van der Waals surface area contributed by atoms with Crippen molar-refractivity contribution in [1.29, 1.82) is 0 Å². The van der Waals surface area contributed by atoms with Gasteiger partial charge in [0.25, 0.3) is 0 Å². The molecule has 0 aromatic heterocycles. The van der Waals surface area contributed by atoms with Crippen LogP contribution in [0.3, 0.4) is 0 Å². The number of nitrogens with one attached hydrogen (secondary N) is 1. The molecule has 1 N–H and O–H groups in total. The molecule has 1 fully saturated rings. The van der Waals surface area contributed by atoms with Crippen LogP contribution in [0.1, 0.15) is 31.4 Å². The zero-order chi connectivity index (χ0) is 18.1. The summed E-state index contributed by atoms with van der Waals surface area (Å²) in [7, 11) is 0. The summed E-state index contributed by atoms with van der Waals surface area (Å²) in [5.74, 6) is -1.56. The number of halogens is 2. The van der Waals surface area contributed by atoms with Crippen LogP contribution in [-0.4, -0.2) is 29.2 Å². The SMILES string of the molecule is C[C@@H](NC(=O)CN1C(=O)[C@H]2CC=CC[C@H]2C1=O)c1ccc(Cl)cc1Cl. The van der Waals surface area contributed by atoms with E-state index in [1.165, 1.54) is 0 Å². The van der Waals surface area contributed by atoms with Crippen LogP contribution in [-0.2, 0) is 14.4 Å². The predicted octanol–water partition coefficient (Wildman–Crippen LogP) is 3.12. The molecular weight excluding hydrogens is 363 g/mol. The molecule has 1 aliphatic heterocycles. The Kier molecular flexibility index (Phi) is 5.16. The minimum atomic E-state index is -0.396. The van der Waals surface area contributed by atoms with Crippen LogP contribution in [0.5, 0.6) is 0 Å². The Labute approximate surface area is 156 Å². The van der Waals surface area contributed by atoms with Crippen LogP contribution in [0.4, 0.5) is 0 Å². The quantitative estimate of drug-likeness (QED) is 0.644. The molecule has 1 aromatic carbocycles. The van der Waals surface area contributed by atoms with Gasteiger partial charge in [0.15, 0.2) is 0 Å². The molecule has 0 unspecified atom stereocenters. The fourth-order valence-corrected chi connectivity index (χ4v) is 3.96. The van der Waals surface area contributed by atoms with Crippen molar-refractivity contribution >= 4 is 40.9 Å². The van der Waals surface area contributed by atoms with Gasteiger partial charge in [0.1, 0.15) is 6.54 Å². The third-order valence-corrected chi connectivity index (χ3v) is 5.27. The van der Waals surface area contributed by atoms with E-state index >= 15 is 0 Å². The molecule has 1 aromatic rings. The minimum Gasteiger partial charge on any atom is -0.348 e. The normalized spacial score (nSPS) is 23.6. The molecular formula is C18H18Cl2N2O3. The second kappa shape index (κ2) is 7.18. The largest absolute Gasteiger partial charge is 0.348 e. The smallest absolute Gasteiger partial charge is 0.240 e. The fraction of sp³-hybridized carbons (Fsp3) is 0.389. The van der Waals surface area contributed by atoms with Gasteiger partial charge in [-0.2, -0.15) is 0 Å². The van der Waals surface area contributed by atoms with Crippen molar-refractivity contribution in [2.24, 2.45) is 11.8 Å². The van der Waals surface area contributed by atoms with E-state index in [1.54, 1.807) is 25.1 Å².